The summed E-state index contributed by atoms with van der Waals surface area (Å²) in [5.74, 6) is -2.67. The van der Waals surface area contributed by atoms with Gasteiger partial charge in [0.1, 0.15) is 6.07 Å². The molecule has 0 spiro atoms. The van der Waals surface area contributed by atoms with E-state index >= 15 is 0 Å². The number of nitriles is 1. The van der Waals surface area contributed by atoms with Gasteiger partial charge < -0.3 is 10.4 Å². The minimum absolute atomic E-state index is 0.235. The number of hydrogen-bond acceptors (Lipinski definition) is 5. The largest absolute Gasteiger partial charge is 0.479 e. The van der Waals surface area contributed by atoms with Crippen molar-refractivity contribution < 1.29 is 23.1 Å². The second-order valence-electron chi connectivity index (χ2n) is 3.46. The number of anilines is 1. The molecule has 0 aliphatic carbocycles. The van der Waals surface area contributed by atoms with Crippen LogP contribution < -0.4 is 5.32 Å². The first-order chi connectivity index (χ1) is 8.22. The van der Waals surface area contributed by atoms with Gasteiger partial charge in [0, 0.05) is 0 Å². The van der Waals surface area contributed by atoms with Crippen LogP contribution in [0.2, 0.25) is 0 Å². The van der Waals surface area contributed by atoms with E-state index in [0.717, 1.165) is 12.3 Å². The highest BCUT2D eigenvalue weighted by Crippen LogP contribution is 2.33. The third kappa shape index (κ3) is 2.32. The molecule has 0 bridgehead atoms. The van der Waals surface area contributed by atoms with Crippen molar-refractivity contribution in [1.82, 2.24) is 10.2 Å². The molecule has 18 heavy (non-hydrogen) atoms. The van der Waals surface area contributed by atoms with E-state index in [4.69, 9.17) is 10.4 Å². The van der Waals surface area contributed by atoms with Gasteiger partial charge in [0.05, 0.1) is 11.8 Å². The Morgan fingerprint density at radius 1 is 1.56 bits per heavy atom. The summed E-state index contributed by atoms with van der Waals surface area (Å²) in [6.07, 6.45) is -3.96. The van der Waals surface area contributed by atoms with Gasteiger partial charge in [0.25, 0.3) is 0 Å². The third-order valence-corrected chi connectivity index (χ3v) is 2.20. The van der Waals surface area contributed by atoms with Gasteiger partial charge in [-0.1, -0.05) is 0 Å². The molecule has 1 unspecified atom stereocenters. The zero-order valence-corrected chi connectivity index (χ0v) is 8.99. The number of halogens is 3. The van der Waals surface area contributed by atoms with Crippen LogP contribution in [0.1, 0.15) is 12.5 Å². The van der Waals surface area contributed by atoms with Crippen LogP contribution in [-0.2, 0) is 4.79 Å². The van der Waals surface area contributed by atoms with Crippen LogP contribution in [0.5, 0.6) is 0 Å². The van der Waals surface area contributed by atoms with Crippen LogP contribution in [0.4, 0.5) is 19.0 Å². The van der Waals surface area contributed by atoms with E-state index in [1.54, 1.807) is 11.4 Å². The fraction of sp³-hybridized carbons (Fsp3) is 0.333. The summed E-state index contributed by atoms with van der Waals surface area (Å²) >= 11 is 0. The molecule has 0 radical (unpaired) electrons. The fourth-order valence-electron chi connectivity index (χ4n) is 0.997. The van der Waals surface area contributed by atoms with Crippen molar-refractivity contribution >= 4 is 11.8 Å². The Balaban J connectivity index is 3.22. The normalized spacial score (nSPS) is 14.4. The first kappa shape index (κ1) is 13.7. The number of nitrogens with zero attached hydrogens (tertiary/aromatic N) is 3. The van der Waals surface area contributed by atoms with E-state index in [0.29, 0.717) is 6.92 Å². The zero-order valence-electron chi connectivity index (χ0n) is 8.99. The maximum Gasteiger partial charge on any atom is 0.422 e. The van der Waals surface area contributed by atoms with E-state index in [2.05, 4.69) is 10.2 Å². The highest BCUT2D eigenvalue weighted by atomic mass is 19.4. The van der Waals surface area contributed by atoms with Crippen molar-refractivity contribution in [2.24, 2.45) is 0 Å². The van der Waals surface area contributed by atoms with Crippen LogP contribution in [0, 0.1) is 11.3 Å². The summed E-state index contributed by atoms with van der Waals surface area (Å²) in [6, 6.07) is 2.70. The number of carbonyl (C=O) groups is 1. The fourth-order valence-corrected chi connectivity index (χ4v) is 0.997. The molecule has 0 amide bonds. The number of rotatable bonds is 3. The van der Waals surface area contributed by atoms with Crippen molar-refractivity contribution in [3.05, 3.63) is 17.8 Å². The van der Waals surface area contributed by atoms with E-state index in [1.807, 2.05) is 0 Å². The number of aromatic nitrogens is 2. The lowest BCUT2D eigenvalue weighted by Crippen LogP contribution is -2.55. The number of alkyl halides is 3. The van der Waals surface area contributed by atoms with Gasteiger partial charge in [-0.15, -0.1) is 5.10 Å². The summed E-state index contributed by atoms with van der Waals surface area (Å²) in [4.78, 5) is 10.8. The molecule has 1 atom stereocenters. The van der Waals surface area contributed by atoms with Crippen molar-refractivity contribution in [2.45, 2.75) is 18.6 Å². The van der Waals surface area contributed by atoms with Crippen molar-refractivity contribution in [3.63, 3.8) is 0 Å². The lowest BCUT2D eigenvalue weighted by Gasteiger charge is -2.28. The lowest BCUT2D eigenvalue weighted by atomic mass is 10.0. The number of aliphatic carboxylic acids is 1. The van der Waals surface area contributed by atoms with Crippen molar-refractivity contribution in [3.8, 4) is 6.07 Å². The topological polar surface area (TPSA) is 98.9 Å². The van der Waals surface area contributed by atoms with Gasteiger partial charge in [0.15, 0.2) is 5.82 Å². The van der Waals surface area contributed by atoms with Gasteiger partial charge in [-0.25, -0.2) is 4.79 Å². The molecule has 1 heterocycles. The molecular formula is C9H7F3N4O2. The molecule has 9 heteroatoms. The van der Waals surface area contributed by atoms with Gasteiger partial charge in [0.2, 0.25) is 5.54 Å². The number of carboxylic acids is 1. The molecule has 1 aromatic heterocycles. The Morgan fingerprint density at radius 3 is 2.61 bits per heavy atom. The second-order valence-corrected chi connectivity index (χ2v) is 3.46. The molecule has 0 saturated heterocycles. The maximum atomic E-state index is 12.7. The van der Waals surface area contributed by atoms with Crippen LogP contribution in [0.25, 0.3) is 0 Å². The molecule has 0 fully saturated rings. The molecule has 2 N–H and O–H groups in total. The molecule has 0 saturated carbocycles. The van der Waals surface area contributed by atoms with E-state index in [1.165, 1.54) is 0 Å². The van der Waals surface area contributed by atoms with E-state index in [-0.39, 0.29) is 5.56 Å². The van der Waals surface area contributed by atoms with Gasteiger partial charge >= 0.3 is 12.1 Å². The summed E-state index contributed by atoms with van der Waals surface area (Å²) in [5.41, 5.74) is -3.49. The lowest BCUT2D eigenvalue weighted by molar-refractivity contribution is -0.192. The Bertz CT molecular complexity index is 511. The predicted octanol–water partition coefficient (Wildman–Crippen LogP) is 1.17. The first-order valence-corrected chi connectivity index (χ1v) is 4.52. The Morgan fingerprint density at radius 2 is 2.17 bits per heavy atom. The number of carboxylic acid groups (broad SMARTS) is 1. The quantitative estimate of drug-likeness (QED) is 0.846. The Hall–Kier alpha value is -2.37. The highest BCUT2D eigenvalue weighted by molar-refractivity contribution is 5.83. The summed E-state index contributed by atoms with van der Waals surface area (Å²) in [5, 5.41) is 25.6. The molecule has 1 aromatic rings. The Labute approximate surface area is 99.1 Å². The van der Waals surface area contributed by atoms with E-state index in [9.17, 15) is 18.0 Å². The average molecular weight is 260 g/mol. The average Bonchev–Trinajstić information content (AvgIpc) is 2.27. The zero-order chi connectivity index (χ0) is 14.0. The minimum Gasteiger partial charge on any atom is -0.479 e. The van der Waals surface area contributed by atoms with Gasteiger partial charge in [-0.2, -0.15) is 23.5 Å². The molecule has 0 aromatic carbocycles. The van der Waals surface area contributed by atoms with Gasteiger partial charge in [-0.05, 0) is 13.0 Å². The number of hydrogen-bond donors (Lipinski definition) is 2. The maximum absolute atomic E-state index is 12.7. The van der Waals surface area contributed by atoms with Crippen LogP contribution in [-0.4, -0.2) is 33.0 Å². The van der Waals surface area contributed by atoms with Crippen LogP contribution in [0.15, 0.2) is 12.3 Å². The molecular weight excluding hydrogens is 253 g/mol. The second kappa shape index (κ2) is 4.48. The smallest absolute Gasteiger partial charge is 0.422 e. The molecule has 6 nitrogen and oxygen atoms in total. The molecule has 0 aliphatic rings. The van der Waals surface area contributed by atoms with Crippen molar-refractivity contribution in [2.75, 3.05) is 5.32 Å². The Kier molecular flexibility index (Phi) is 3.41. The number of nitrogens with one attached hydrogen (secondary N) is 1. The SMILES string of the molecule is CC(Nc1nnccc1C#N)(C(=O)O)C(F)(F)F. The third-order valence-electron chi connectivity index (χ3n) is 2.20. The molecule has 1 rings (SSSR count). The van der Waals surface area contributed by atoms with E-state index < -0.39 is 23.5 Å². The standard InChI is InChI=1S/C9H7F3N4O2/c1-8(7(17)18,9(10,11)12)15-6-5(4-13)2-3-14-16-6/h2-3H,1H3,(H,15,16)(H,17,18). The first-order valence-electron chi connectivity index (χ1n) is 4.52. The molecule has 96 valence electrons. The van der Waals surface area contributed by atoms with Crippen LogP contribution >= 0.6 is 0 Å². The van der Waals surface area contributed by atoms with Crippen LogP contribution in [0.3, 0.4) is 0 Å². The van der Waals surface area contributed by atoms with Gasteiger partial charge in [-0.3, -0.25) is 0 Å². The monoisotopic (exact) mass is 260 g/mol. The highest BCUT2D eigenvalue weighted by Gasteiger charge is 2.58. The molecule has 0 aliphatic heterocycles. The van der Waals surface area contributed by atoms with Crippen molar-refractivity contribution in [1.29, 1.82) is 5.26 Å². The predicted molar refractivity (Wildman–Crippen MR) is 52.5 cm³/mol. The summed E-state index contributed by atoms with van der Waals surface area (Å²) in [6.45, 7) is 0.436. The summed E-state index contributed by atoms with van der Waals surface area (Å²) < 4.78 is 38.1. The minimum atomic E-state index is -5.07. The summed E-state index contributed by atoms with van der Waals surface area (Å²) in [7, 11) is 0.